The van der Waals surface area contributed by atoms with Crippen molar-refractivity contribution in [1.29, 1.82) is 0 Å². The summed E-state index contributed by atoms with van der Waals surface area (Å²) < 4.78 is 0. The molecule has 0 aliphatic heterocycles. The van der Waals surface area contributed by atoms with Gasteiger partial charge in [-0.05, 0) is 31.5 Å². The Hall–Kier alpha value is -1.42. The summed E-state index contributed by atoms with van der Waals surface area (Å²) in [4.78, 5) is 17.8. The van der Waals surface area contributed by atoms with Gasteiger partial charge in [-0.2, -0.15) is 0 Å². The Balaban J connectivity index is 2.70. The number of nitrogens with zero attached hydrogens (tertiary/aromatic N) is 2. The Bertz CT molecular complexity index is 365. The number of aromatic nitrogens is 1. The van der Waals surface area contributed by atoms with E-state index < -0.39 is 0 Å². The molecule has 0 aliphatic carbocycles. The Morgan fingerprint density at radius 1 is 1.62 bits per heavy atom. The maximum absolute atomic E-state index is 12.0. The molecule has 0 aliphatic rings. The van der Waals surface area contributed by atoms with Crippen molar-refractivity contribution in [2.24, 2.45) is 11.7 Å². The lowest BCUT2D eigenvalue weighted by Crippen LogP contribution is -2.33. The highest BCUT2D eigenvalue weighted by Crippen LogP contribution is 2.06. The van der Waals surface area contributed by atoms with E-state index in [1.165, 1.54) is 0 Å². The van der Waals surface area contributed by atoms with E-state index in [4.69, 9.17) is 5.73 Å². The van der Waals surface area contributed by atoms with E-state index in [1.54, 1.807) is 30.3 Å². The minimum Gasteiger partial charge on any atom is -0.341 e. The molecule has 0 bridgehead atoms. The smallest absolute Gasteiger partial charge is 0.253 e. The first kappa shape index (κ1) is 12.6. The second-order valence-electron chi connectivity index (χ2n) is 4.21. The summed E-state index contributed by atoms with van der Waals surface area (Å²) in [6, 6.07) is 3.53. The lowest BCUT2D eigenvalue weighted by atomic mass is 10.1. The zero-order valence-corrected chi connectivity index (χ0v) is 10.1. The van der Waals surface area contributed by atoms with Crippen LogP contribution in [0.3, 0.4) is 0 Å². The average molecular weight is 221 g/mol. The predicted octanol–water partition coefficient (Wildman–Crippen LogP) is 1.06. The maximum atomic E-state index is 12.0. The van der Waals surface area contributed by atoms with Gasteiger partial charge in [0.05, 0.1) is 0 Å². The molecule has 1 atom stereocenters. The fourth-order valence-electron chi connectivity index (χ4n) is 1.52. The molecule has 1 amide bonds. The van der Waals surface area contributed by atoms with Gasteiger partial charge in [0.25, 0.3) is 5.91 Å². The molecule has 88 valence electrons. The van der Waals surface area contributed by atoms with Gasteiger partial charge >= 0.3 is 0 Å². The summed E-state index contributed by atoms with van der Waals surface area (Å²) in [7, 11) is 1.80. The molecule has 4 heteroatoms. The van der Waals surface area contributed by atoms with Crippen molar-refractivity contribution >= 4 is 5.91 Å². The normalized spacial score (nSPS) is 12.2. The number of carbonyl (C=O) groups excluding carboxylic acids is 1. The van der Waals surface area contributed by atoms with Crippen molar-refractivity contribution in [2.45, 2.75) is 13.8 Å². The molecule has 0 fully saturated rings. The molecule has 2 N–H and O–H groups in total. The van der Waals surface area contributed by atoms with E-state index in [2.05, 4.69) is 4.98 Å². The van der Waals surface area contributed by atoms with Crippen LogP contribution in [0.1, 0.15) is 23.0 Å². The molecule has 0 saturated heterocycles. The molecule has 1 aromatic heterocycles. The van der Waals surface area contributed by atoms with Crippen molar-refractivity contribution in [1.82, 2.24) is 9.88 Å². The van der Waals surface area contributed by atoms with E-state index in [-0.39, 0.29) is 5.91 Å². The molecular formula is C12H19N3O. The first-order chi connectivity index (χ1) is 7.54. The van der Waals surface area contributed by atoms with Gasteiger partial charge < -0.3 is 10.6 Å². The van der Waals surface area contributed by atoms with Crippen LogP contribution in [-0.4, -0.2) is 35.9 Å². The highest BCUT2D eigenvalue weighted by Gasteiger charge is 2.13. The molecule has 16 heavy (non-hydrogen) atoms. The predicted molar refractivity (Wildman–Crippen MR) is 64.2 cm³/mol. The molecule has 0 aromatic carbocycles. The number of aryl methyl sites for hydroxylation is 1. The van der Waals surface area contributed by atoms with Crippen LogP contribution in [-0.2, 0) is 0 Å². The number of carbonyl (C=O) groups is 1. The average Bonchev–Trinajstić information content (AvgIpc) is 2.27. The molecule has 1 unspecified atom stereocenters. The summed E-state index contributed by atoms with van der Waals surface area (Å²) >= 11 is 0. The Labute approximate surface area is 96.5 Å². The number of pyridine rings is 1. The van der Waals surface area contributed by atoms with Crippen LogP contribution in [0.4, 0.5) is 0 Å². The molecular weight excluding hydrogens is 202 g/mol. The summed E-state index contributed by atoms with van der Waals surface area (Å²) in [5.41, 5.74) is 7.07. The Morgan fingerprint density at radius 3 is 2.88 bits per heavy atom. The van der Waals surface area contributed by atoms with Gasteiger partial charge in [-0.15, -0.1) is 0 Å². The molecule has 0 radical (unpaired) electrons. The molecule has 0 spiro atoms. The standard InChI is InChI=1S/C12H19N3O/c1-9(7-13)8-15(3)12(16)11-4-5-14-10(2)6-11/h4-6,9H,7-8,13H2,1-3H3. The second kappa shape index (κ2) is 5.61. The van der Waals surface area contributed by atoms with Gasteiger partial charge in [0.1, 0.15) is 0 Å². The van der Waals surface area contributed by atoms with Gasteiger partial charge in [0.15, 0.2) is 0 Å². The van der Waals surface area contributed by atoms with E-state index >= 15 is 0 Å². The monoisotopic (exact) mass is 221 g/mol. The Morgan fingerprint density at radius 2 is 2.31 bits per heavy atom. The highest BCUT2D eigenvalue weighted by atomic mass is 16.2. The quantitative estimate of drug-likeness (QED) is 0.827. The summed E-state index contributed by atoms with van der Waals surface area (Å²) in [5, 5.41) is 0. The third-order valence-corrected chi connectivity index (χ3v) is 2.48. The van der Waals surface area contributed by atoms with Gasteiger partial charge in [-0.25, -0.2) is 0 Å². The van der Waals surface area contributed by atoms with Crippen molar-refractivity contribution < 1.29 is 4.79 Å². The largest absolute Gasteiger partial charge is 0.341 e. The number of hydrogen-bond donors (Lipinski definition) is 1. The van der Waals surface area contributed by atoms with Crippen LogP contribution < -0.4 is 5.73 Å². The minimum absolute atomic E-state index is 0.0193. The van der Waals surface area contributed by atoms with Crippen molar-refractivity contribution in [3.63, 3.8) is 0 Å². The molecule has 1 rings (SSSR count). The molecule has 1 heterocycles. The molecule has 0 saturated carbocycles. The van der Waals surface area contributed by atoms with E-state index in [1.807, 2.05) is 13.8 Å². The van der Waals surface area contributed by atoms with Crippen LogP contribution >= 0.6 is 0 Å². The van der Waals surface area contributed by atoms with Crippen LogP contribution in [0.5, 0.6) is 0 Å². The number of amides is 1. The van der Waals surface area contributed by atoms with Crippen LogP contribution in [0.2, 0.25) is 0 Å². The van der Waals surface area contributed by atoms with Crippen LogP contribution in [0.15, 0.2) is 18.3 Å². The fraction of sp³-hybridized carbons (Fsp3) is 0.500. The first-order valence-electron chi connectivity index (χ1n) is 5.42. The highest BCUT2D eigenvalue weighted by molar-refractivity contribution is 5.94. The Kier molecular flexibility index (Phi) is 4.43. The third-order valence-electron chi connectivity index (χ3n) is 2.48. The summed E-state index contributed by atoms with van der Waals surface area (Å²) in [5.74, 6) is 0.336. The van der Waals surface area contributed by atoms with Gasteiger partial charge in [0, 0.05) is 31.0 Å². The van der Waals surface area contributed by atoms with Gasteiger partial charge in [0.2, 0.25) is 0 Å². The molecule has 4 nitrogen and oxygen atoms in total. The third kappa shape index (κ3) is 3.31. The number of rotatable bonds is 4. The topological polar surface area (TPSA) is 59.2 Å². The van der Waals surface area contributed by atoms with Gasteiger partial charge in [-0.1, -0.05) is 6.92 Å². The van der Waals surface area contributed by atoms with Crippen LogP contribution in [0.25, 0.3) is 0 Å². The lowest BCUT2D eigenvalue weighted by molar-refractivity contribution is 0.0777. The zero-order valence-electron chi connectivity index (χ0n) is 10.1. The van der Waals surface area contributed by atoms with Crippen molar-refractivity contribution in [3.8, 4) is 0 Å². The van der Waals surface area contributed by atoms with Gasteiger partial charge in [-0.3, -0.25) is 9.78 Å². The van der Waals surface area contributed by atoms with Crippen molar-refractivity contribution in [3.05, 3.63) is 29.6 Å². The fourth-order valence-corrected chi connectivity index (χ4v) is 1.52. The first-order valence-corrected chi connectivity index (χ1v) is 5.42. The van der Waals surface area contributed by atoms with E-state index in [0.29, 0.717) is 24.6 Å². The zero-order chi connectivity index (χ0) is 12.1. The van der Waals surface area contributed by atoms with Crippen molar-refractivity contribution in [2.75, 3.05) is 20.1 Å². The van der Waals surface area contributed by atoms with Crippen LogP contribution in [0, 0.1) is 12.8 Å². The summed E-state index contributed by atoms with van der Waals surface area (Å²) in [6.45, 7) is 5.17. The second-order valence-corrected chi connectivity index (χ2v) is 4.21. The number of hydrogen-bond acceptors (Lipinski definition) is 3. The van der Waals surface area contributed by atoms with E-state index in [0.717, 1.165) is 5.69 Å². The maximum Gasteiger partial charge on any atom is 0.253 e. The van der Waals surface area contributed by atoms with E-state index in [9.17, 15) is 4.79 Å². The minimum atomic E-state index is 0.0193. The SMILES string of the molecule is Cc1cc(C(=O)N(C)CC(C)CN)ccn1. The summed E-state index contributed by atoms with van der Waals surface area (Å²) in [6.07, 6.45) is 1.66. The number of nitrogens with two attached hydrogens (primary N) is 1. The molecule has 1 aromatic rings. The lowest BCUT2D eigenvalue weighted by Gasteiger charge is -2.20.